The molecule has 54 heavy (non-hydrogen) atoms. The number of ether oxygens (including phenoxy) is 8. The number of carbonyl (C=O) groups excluding carboxylic acids is 2. The standard InChI is InChI=1S/C44H44O10/c1-44(2)18-17-34-42-28(19-27(43(34)54-44)10-16-37(46)33-14-12-31(48-4)23-40(33)51-7)20-29(25-53-42)35-21-26(38(49-5)24-41(35)52-8)9-15-36(45)32-13-11-30(47-3)22-39(32)50-6/h9-19,21-24,29H,20,25H2,1-8H3/b15-9+,16-10+/t29-/m0/s1. The van der Waals surface area contributed by atoms with E-state index in [0.717, 1.165) is 28.0 Å². The quantitative estimate of drug-likeness (QED) is 0.0982. The van der Waals surface area contributed by atoms with Crippen molar-refractivity contribution in [1.29, 1.82) is 0 Å². The molecule has 0 unspecified atom stereocenters. The molecule has 0 saturated heterocycles. The van der Waals surface area contributed by atoms with Gasteiger partial charge in [0.05, 0.1) is 66.0 Å². The molecule has 4 aromatic rings. The van der Waals surface area contributed by atoms with Gasteiger partial charge in [-0.05, 0) is 98.7 Å². The van der Waals surface area contributed by atoms with Crippen LogP contribution in [0.1, 0.15) is 68.3 Å². The summed E-state index contributed by atoms with van der Waals surface area (Å²) in [5.41, 5.74) is 4.34. The van der Waals surface area contributed by atoms with Crippen LogP contribution in [-0.4, -0.2) is 66.4 Å². The van der Waals surface area contributed by atoms with Gasteiger partial charge >= 0.3 is 0 Å². The lowest BCUT2D eigenvalue weighted by atomic mass is 9.85. The molecule has 1 atom stereocenters. The summed E-state index contributed by atoms with van der Waals surface area (Å²) in [5, 5.41) is 0. The Hall–Kier alpha value is -6.16. The van der Waals surface area contributed by atoms with Gasteiger partial charge in [-0.3, -0.25) is 9.59 Å². The highest BCUT2D eigenvalue weighted by molar-refractivity contribution is 6.09. The lowest BCUT2D eigenvalue weighted by Crippen LogP contribution is -2.29. The van der Waals surface area contributed by atoms with Gasteiger partial charge in [-0.25, -0.2) is 0 Å². The van der Waals surface area contributed by atoms with Gasteiger partial charge in [-0.1, -0.05) is 0 Å². The zero-order chi connectivity index (χ0) is 38.6. The Morgan fingerprint density at radius 1 is 0.667 bits per heavy atom. The zero-order valence-corrected chi connectivity index (χ0v) is 31.7. The predicted molar refractivity (Wildman–Crippen MR) is 207 cm³/mol. The van der Waals surface area contributed by atoms with Crippen LogP contribution in [0.4, 0.5) is 0 Å². The smallest absolute Gasteiger partial charge is 0.189 e. The molecule has 280 valence electrons. The lowest BCUT2D eigenvalue weighted by molar-refractivity contribution is 0.103. The molecule has 10 nitrogen and oxygen atoms in total. The van der Waals surface area contributed by atoms with Gasteiger partial charge in [-0.2, -0.15) is 0 Å². The summed E-state index contributed by atoms with van der Waals surface area (Å²) >= 11 is 0. The van der Waals surface area contributed by atoms with Crippen molar-refractivity contribution in [3.05, 3.63) is 112 Å². The first-order chi connectivity index (χ1) is 26.0. The molecule has 6 rings (SSSR count). The average molecular weight is 733 g/mol. The second-order valence-electron chi connectivity index (χ2n) is 13.3. The molecule has 0 aromatic heterocycles. The summed E-state index contributed by atoms with van der Waals surface area (Å²) in [5.74, 6) is 3.97. The second-order valence-corrected chi connectivity index (χ2v) is 13.3. The number of hydrogen-bond acceptors (Lipinski definition) is 10. The van der Waals surface area contributed by atoms with Crippen LogP contribution in [0.3, 0.4) is 0 Å². The van der Waals surface area contributed by atoms with Crippen LogP contribution in [-0.2, 0) is 6.42 Å². The maximum Gasteiger partial charge on any atom is 0.189 e. The average Bonchev–Trinajstić information content (AvgIpc) is 3.20. The van der Waals surface area contributed by atoms with E-state index in [2.05, 4.69) is 0 Å². The summed E-state index contributed by atoms with van der Waals surface area (Å²) in [6, 6.07) is 16.0. The first-order valence-electron chi connectivity index (χ1n) is 17.4. The number of allylic oxidation sites excluding steroid dienone is 2. The van der Waals surface area contributed by atoms with E-state index in [1.165, 1.54) is 26.4 Å². The fourth-order valence-electron chi connectivity index (χ4n) is 6.66. The van der Waals surface area contributed by atoms with Crippen molar-refractivity contribution in [3.8, 4) is 46.0 Å². The number of carbonyl (C=O) groups is 2. The van der Waals surface area contributed by atoms with Crippen molar-refractivity contribution in [3.63, 3.8) is 0 Å². The van der Waals surface area contributed by atoms with E-state index >= 15 is 0 Å². The van der Waals surface area contributed by atoms with Crippen molar-refractivity contribution in [1.82, 2.24) is 0 Å². The lowest BCUT2D eigenvalue weighted by Gasteiger charge is -2.34. The predicted octanol–water partition coefficient (Wildman–Crippen LogP) is 8.43. The molecule has 4 aromatic carbocycles. The molecule has 0 amide bonds. The molecular weight excluding hydrogens is 688 g/mol. The van der Waals surface area contributed by atoms with Crippen LogP contribution in [0, 0.1) is 0 Å². The normalized spacial score (nSPS) is 15.4. The van der Waals surface area contributed by atoms with Gasteiger partial charge in [0.2, 0.25) is 0 Å². The highest BCUT2D eigenvalue weighted by atomic mass is 16.5. The number of ketones is 2. The third kappa shape index (κ3) is 7.64. The zero-order valence-electron chi connectivity index (χ0n) is 31.7. The van der Waals surface area contributed by atoms with Gasteiger partial charge in [0, 0.05) is 40.8 Å². The fraction of sp³-hybridized carbons (Fsp3) is 0.273. The van der Waals surface area contributed by atoms with Crippen molar-refractivity contribution in [2.45, 2.75) is 31.8 Å². The second kappa shape index (κ2) is 15.8. The molecule has 0 radical (unpaired) electrons. The number of methoxy groups -OCH3 is 6. The molecule has 2 aliphatic heterocycles. The molecule has 0 aliphatic carbocycles. The minimum Gasteiger partial charge on any atom is -0.497 e. The van der Waals surface area contributed by atoms with Crippen molar-refractivity contribution in [2.24, 2.45) is 0 Å². The van der Waals surface area contributed by atoms with E-state index in [0.29, 0.717) is 70.0 Å². The Labute approximate surface area is 315 Å². The molecule has 0 saturated carbocycles. The van der Waals surface area contributed by atoms with Crippen LogP contribution in [0.2, 0.25) is 0 Å². The number of benzene rings is 4. The van der Waals surface area contributed by atoms with E-state index in [4.69, 9.17) is 37.9 Å². The molecule has 0 spiro atoms. The maximum atomic E-state index is 13.5. The van der Waals surface area contributed by atoms with Gasteiger partial charge in [-0.15, -0.1) is 0 Å². The third-order valence-corrected chi connectivity index (χ3v) is 9.48. The number of fused-ring (bicyclic) bond motifs is 3. The Balaban J connectivity index is 1.35. The molecule has 0 N–H and O–H groups in total. The number of rotatable bonds is 13. The Morgan fingerprint density at radius 2 is 1.24 bits per heavy atom. The van der Waals surface area contributed by atoms with Gasteiger partial charge < -0.3 is 37.9 Å². The largest absolute Gasteiger partial charge is 0.497 e. The molecule has 0 bridgehead atoms. The monoisotopic (exact) mass is 732 g/mol. The summed E-state index contributed by atoms with van der Waals surface area (Å²) in [4.78, 5) is 26.8. The van der Waals surface area contributed by atoms with Crippen LogP contribution in [0.5, 0.6) is 46.0 Å². The van der Waals surface area contributed by atoms with Crippen LogP contribution in [0.25, 0.3) is 18.2 Å². The minimum absolute atomic E-state index is 0.118. The van der Waals surface area contributed by atoms with Crippen molar-refractivity contribution < 1.29 is 47.5 Å². The Bertz CT molecular complexity index is 2170. The van der Waals surface area contributed by atoms with E-state index in [1.807, 2.05) is 44.2 Å². The molecule has 10 heteroatoms. The summed E-state index contributed by atoms with van der Waals surface area (Å²) < 4.78 is 46.1. The first kappa shape index (κ1) is 37.6. The SMILES string of the molecule is COc1ccc(C(=O)/C=C/c2cc([C@@H]3COc4c(cc(/C=C/C(=O)c5ccc(OC)cc5OC)c5c4C=CC(C)(C)O5)C3)c(OC)cc2OC)c(OC)c1. The van der Waals surface area contributed by atoms with E-state index < -0.39 is 5.60 Å². The maximum absolute atomic E-state index is 13.5. The fourth-order valence-corrected chi connectivity index (χ4v) is 6.66. The van der Waals surface area contributed by atoms with Crippen LogP contribution in [0.15, 0.2) is 72.8 Å². The van der Waals surface area contributed by atoms with Crippen molar-refractivity contribution >= 4 is 29.8 Å². The van der Waals surface area contributed by atoms with Gasteiger partial charge in [0.15, 0.2) is 11.6 Å². The Morgan fingerprint density at radius 3 is 1.80 bits per heavy atom. The molecular formula is C44H44O10. The third-order valence-electron chi connectivity index (χ3n) is 9.48. The van der Waals surface area contributed by atoms with E-state index in [9.17, 15) is 9.59 Å². The van der Waals surface area contributed by atoms with Crippen molar-refractivity contribution in [2.75, 3.05) is 49.3 Å². The molecule has 2 aliphatic rings. The highest BCUT2D eigenvalue weighted by Crippen LogP contribution is 2.47. The van der Waals surface area contributed by atoms with Gasteiger partial charge in [0.1, 0.15) is 51.6 Å². The first-order valence-corrected chi connectivity index (χ1v) is 17.4. The topological polar surface area (TPSA) is 108 Å². The molecule has 0 fully saturated rings. The summed E-state index contributed by atoms with van der Waals surface area (Å²) in [7, 11) is 9.33. The highest BCUT2D eigenvalue weighted by Gasteiger charge is 2.32. The minimum atomic E-state index is -0.565. The van der Waals surface area contributed by atoms with Crippen LogP contribution >= 0.6 is 0 Å². The number of hydrogen-bond donors (Lipinski definition) is 0. The van der Waals surface area contributed by atoms with Crippen LogP contribution < -0.4 is 37.9 Å². The van der Waals surface area contributed by atoms with E-state index in [-0.39, 0.29) is 17.5 Å². The van der Waals surface area contributed by atoms with Gasteiger partial charge in [0.25, 0.3) is 0 Å². The summed E-state index contributed by atoms with van der Waals surface area (Å²) in [6.45, 7) is 4.33. The van der Waals surface area contributed by atoms with E-state index in [1.54, 1.807) is 77.0 Å². The Kier molecular flexibility index (Phi) is 11.0. The summed E-state index contributed by atoms with van der Waals surface area (Å²) in [6.07, 6.45) is 11.1. The molecule has 2 heterocycles.